The third-order valence-corrected chi connectivity index (χ3v) is 7.89. The smallest absolute Gasteiger partial charge is 0.497 e. The molecule has 38 heavy (non-hydrogen) atoms. The second-order valence-corrected chi connectivity index (χ2v) is 11.3. The fourth-order valence-corrected chi connectivity index (χ4v) is 4.89. The number of methoxy groups -OCH3 is 2. The number of imidazole rings is 1. The fourth-order valence-electron chi connectivity index (χ4n) is 4.89. The molecule has 2 N–H and O–H groups in total. The van der Waals surface area contributed by atoms with Crippen LogP contribution in [0, 0.1) is 5.92 Å². The lowest BCUT2D eigenvalue weighted by Gasteiger charge is -2.32. The second-order valence-electron chi connectivity index (χ2n) is 11.3. The SMILES string of the molecule is COC(=O)NC(C(=O)N1CCCC1c1ncc(-c2ccc(B3OC(C)(C)C(C)(C)O3)c(OC)c2)[nH]1)C(C)C. The Labute approximate surface area is 224 Å². The molecule has 2 atom stereocenters. The monoisotopic (exact) mass is 526 g/mol. The van der Waals surface area contributed by atoms with Crippen molar-refractivity contribution in [3.63, 3.8) is 0 Å². The standard InChI is InChI=1S/C27H39BN4O6/c1-16(2)22(31-25(34)36-8)24(33)32-13-9-10-20(32)23-29-15-19(30-23)17-11-12-18(21(14-17)35-7)28-37-26(3,4)27(5,6)38-28/h11-12,14-16,20,22H,9-10,13H2,1-8H3,(H,29,30)(H,31,34). The van der Waals surface area contributed by atoms with Gasteiger partial charge in [-0.3, -0.25) is 4.79 Å². The average Bonchev–Trinajstić information content (AvgIpc) is 3.59. The van der Waals surface area contributed by atoms with E-state index in [4.69, 9.17) is 18.8 Å². The average molecular weight is 526 g/mol. The third-order valence-electron chi connectivity index (χ3n) is 7.89. The first kappa shape index (κ1) is 28.0. The van der Waals surface area contributed by atoms with Gasteiger partial charge >= 0.3 is 13.2 Å². The number of aromatic amines is 1. The summed E-state index contributed by atoms with van der Waals surface area (Å²) in [6.07, 6.45) is 2.79. The van der Waals surface area contributed by atoms with Crippen LogP contribution in [0.2, 0.25) is 0 Å². The largest absolute Gasteiger partial charge is 0.498 e. The third kappa shape index (κ3) is 5.26. The van der Waals surface area contributed by atoms with E-state index in [1.165, 1.54) is 7.11 Å². The number of benzene rings is 1. The van der Waals surface area contributed by atoms with Gasteiger partial charge < -0.3 is 34.0 Å². The van der Waals surface area contributed by atoms with Crippen LogP contribution in [0.15, 0.2) is 24.4 Å². The molecule has 4 rings (SSSR count). The van der Waals surface area contributed by atoms with E-state index >= 15 is 0 Å². The number of alkyl carbamates (subject to hydrolysis) is 1. The maximum Gasteiger partial charge on any atom is 0.498 e. The summed E-state index contributed by atoms with van der Waals surface area (Å²) in [6, 6.07) is 4.98. The maximum atomic E-state index is 13.4. The highest BCUT2D eigenvalue weighted by Gasteiger charge is 2.52. The van der Waals surface area contributed by atoms with E-state index in [0.717, 1.165) is 29.6 Å². The number of amides is 2. The molecular weight excluding hydrogens is 487 g/mol. The number of H-pyrrole nitrogens is 1. The Kier molecular flexibility index (Phi) is 7.81. The summed E-state index contributed by atoms with van der Waals surface area (Å²) in [5, 5.41) is 2.68. The van der Waals surface area contributed by atoms with Gasteiger partial charge in [0.1, 0.15) is 17.6 Å². The predicted molar refractivity (Wildman–Crippen MR) is 144 cm³/mol. The number of aromatic nitrogens is 2. The number of ether oxygens (including phenoxy) is 2. The molecule has 2 fully saturated rings. The molecule has 11 heteroatoms. The maximum absolute atomic E-state index is 13.4. The van der Waals surface area contributed by atoms with Crippen LogP contribution in [0.1, 0.15) is 66.3 Å². The summed E-state index contributed by atoms with van der Waals surface area (Å²) in [4.78, 5) is 35.1. The van der Waals surface area contributed by atoms with E-state index in [-0.39, 0.29) is 17.9 Å². The van der Waals surface area contributed by atoms with Crippen LogP contribution in [0.4, 0.5) is 4.79 Å². The summed E-state index contributed by atoms with van der Waals surface area (Å²) in [5.41, 5.74) is 1.62. The van der Waals surface area contributed by atoms with Gasteiger partial charge in [-0.05, 0) is 52.5 Å². The molecular formula is C27H39BN4O6. The molecule has 2 aliphatic rings. The van der Waals surface area contributed by atoms with Crippen LogP contribution in [-0.4, -0.2) is 72.0 Å². The number of nitrogens with zero attached hydrogens (tertiary/aromatic N) is 2. The lowest BCUT2D eigenvalue weighted by atomic mass is 9.78. The molecule has 0 saturated carbocycles. The summed E-state index contributed by atoms with van der Waals surface area (Å²) >= 11 is 0. The first-order valence-corrected chi connectivity index (χ1v) is 13.1. The molecule has 2 unspecified atom stereocenters. The normalized spacial score (nSPS) is 21.0. The first-order valence-electron chi connectivity index (χ1n) is 13.1. The fraction of sp³-hybridized carbons (Fsp3) is 0.593. The van der Waals surface area contributed by atoms with Gasteiger partial charge in [0, 0.05) is 17.6 Å². The minimum Gasteiger partial charge on any atom is -0.497 e. The summed E-state index contributed by atoms with van der Waals surface area (Å²) < 4.78 is 22.9. The number of hydrogen-bond acceptors (Lipinski definition) is 7. The van der Waals surface area contributed by atoms with E-state index in [2.05, 4.69) is 15.3 Å². The Morgan fingerprint density at radius 3 is 2.47 bits per heavy atom. The van der Waals surface area contributed by atoms with E-state index in [1.807, 2.05) is 59.7 Å². The molecule has 1 aromatic heterocycles. The Morgan fingerprint density at radius 2 is 1.87 bits per heavy atom. The highest BCUT2D eigenvalue weighted by molar-refractivity contribution is 6.63. The van der Waals surface area contributed by atoms with Crippen molar-refractivity contribution < 1.29 is 28.4 Å². The molecule has 2 aliphatic heterocycles. The van der Waals surface area contributed by atoms with Crippen molar-refractivity contribution >= 4 is 24.6 Å². The van der Waals surface area contributed by atoms with Crippen molar-refractivity contribution in [2.75, 3.05) is 20.8 Å². The molecule has 2 saturated heterocycles. The second kappa shape index (κ2) is 10.6. The quantitative estimate of drug-likeness (QED) is 0.532. The molecule has 10 nitrogen and oxygen atoms in total. The zero-order valence-electron chi connectivity index (χ0n) is 23.6. The van der Waals surface area contributed by atoms with Crippen LogP contribution < -0.4 is 15.5 Å². The first-order chi connectivity index (χ1) is 17.9. The number of carbonyl (C=O) groups is 2. The zero-order valence-corrected chi connectivity index (χ0v) is 23.6. The number of nitrogens with one attached hydrogen (secondary N) is 2. The lowest BCUT2D eigenvalue weighted by molar-refractivity contribution is -0.135. The van der Waals surface area contributed by atoms with Crippen LogP contribution in [0.25, 0.3) is 11.3 Å². The van der Waals surface area contributed by atoms with Crippen molar-refractivity contribution in [3.05, 3.63) is 30.2 Å². The van der Waals surface area contributed by atoms with Gasteiger partial charge in [-0.25, -0.2) is 9.78 Å². The Balaban J connectivity index is 1.55. The minimum atomic E-state index is -0.677. The van der Waals surface area contributed by atoms with E-state index in [0.29, 0.717) is 18.1 Å². The molecule has 206 valence electrons. The van der Waals surface area contributed by atoms with Crippen molar-refractivity contribution in [1.29, 1.82) is 0 Å². The van der Waals surface area contributed by atoms with Gasteiger partial charge in [0.25, 0.3) is 0 Å². The highest BCUT2D eigenvalue weighted by atomic mass is 16.7. The zero-order chi connectivity index (χ0) is 27.8. The predicted octanol–water partition coefficient (Wildman–Crippen LogP) is 3.43. The van der Waals surface area contributed by atoms with Gasteiger partial charge in [0.15, 0.2) is 0 Å². The van der Waals surface area contributed by atoms with Crippen molar-refractivity contribution in [2.45, 2.75) is 77.7 Å². The Morgan fingerprint density at radius 1 is 1.18 bits per heavy atom. The molecule has 0 radical (unpaired) electrons. The summed E-state index contributed by atoms with van der Waals surface area (Å²) in [6.45, 7) is 12.5. The highest BCUT2D eigenvalue weighted by Crippen LogP contribution is 2.38. The van der Waals surface area contributed by atoms with E-state index < -0.39 is 30.5 Å². The molecule has 3 heterocycles. The van der Waals surface area contributed by atoms with Gasteiger partial charge in [-0.2, -0.15) is 0 Å². The topological polar surface area (TPSA) is 115 Å². The lowest BCUT2D eigenvalue weighted by Crippen LogP contribution is -2.51. The molecule has 0 spiro atoms. The van der Waals surface area contributed by atoms with Gasteiger partial charge in [-0.15, -0.1) is 0 Å². The van der Waals surface area contributed by atoms with Crippen molar-refractivity contribution in [1.82, 2.24) is 20.2 Å². The number of carbonyl (C=O) groups excluding carboxylic acids is 2. The number of rotatable bonds is 7. The molecule has 2 aromatic rings. The number of likely N-dealkylation sites (tertiary alicyclic amines) is 1. The Bertz CT molecular complexity index is 1160. The molecule has 1 aromatic carbocycles. The number of hydrogen-bond donors (Lipinski definition) is 2. The molecule has 2 amide bonds. The Hall–Kier alpha value is -3.05. The van der Waals surface area contributed by atoms with Crippen molar-refractivity contribution in [2.24, 2.45) is 5.92 Å². The van der Waals surface area contributed by atoms with Gasteiger partial charge in [-0.1, -0.05) is 26.0 Å². The van der Waals surface area contributed by atoms with Crippen LogP contribution in [-0.2, 0) is 18.8 Å². The van der Waals surface area contributed by atoms with Crippen LogP contribution in [0.5, 0.6) is 5.75 Å². The van der Waals surface area contributed by atoms with Crippen LogP contribution in [0.3, 0.4) is 0 Å². The van der Waals surface area contributed by atoms with Gasteiger partial charge in [0.2, 0.25) is 5.91 Å². The minimum absolute atomic E-state index is 0.0926. The van der Waals surface area contributed by atoms with Gasteiger partial charge in [0.05, 0.1) is 43.4 Å². The summed E-state index contributed by atoms with van der Waals surface area (Å²) in [5.74, 6) is 1.13. The van der Waals surface area contributed by atoms with Crippen molar-refractivity contribution in [3.8, 4) is 17.0 Å². The molecule has 0 bridgehead atoms. The van der Waals surface area contributed by atoms with E-state index in [1.54, 1.807) is 18.2 Å². The van der Waals surface area contributed by atoms with Crippen LogP contribution >= 0.6 is 0 Å². The van der Waals surface area contributed by atoms with E-state index in [9.17, 15) is 9.59 Å². The molecule has 0 aliphatic carbocycles. The summed E-state index contributed by atoms with van der Waals surface area (Å²) in [7, 11) is 2.38.